The molecule has 0 radical (unpaired) electrons. The van der Waals surface area contributed by atoms with Crippen molar-refractivity contribution in [2.75, 3.05) is 13.1 Å². The van der Waals surface area contributed by atoms with Gasteiger partial charge in [0, 0.05) is 24.5 Å². The Labute approximate surface area is 143 Å². The maximum atomic E-state index is 12.5. The summed E-state index contributed by atoms with van der Waals surface area (Å²) in [5.41, 5.74) is -1.72. The van der Waals surface area contributed by atoms with Crippen molar-refractivity contribution in [2.45, 2.75) is 31.9 Å². The molecule has 0 saturated carbocycles. The largest absolute Gasteiger partial charge is 0.386 e. The first-order valence-corrected chi connectivity index (χ1v) is 7.89. The van der Waals surface area contributed by atoms with E-state index in [1.54, 1.807) is 13.8 Å². The van der Waals surface area contributed by atoms with E-state index in [2.05, 4.69) is 15.0 Å². The Kier molecular flexibility index (Phi) is 4.25. The summed E-state index contributed by atoms with van der Waals surface area (Å²) < 4.78 is 1.34. The molecule has 25 heavy (non-hydrogen) atoms. The molecular formula is C16H19N5O4. The van der Waals surface area contributed by atoms with Crippen LogP contribution >= 0.6 is 0 Å². The lowest BCUT2D eigenvalue weighted by atomic mass is 9.88. The van der Waals surface area contributed by atoms with Crippen molar-refractivity contribution in [3.05, 3.63) is 56.9 Å². The standard InChI is InChI=1S/C16H19N5O4/c1-10-7-21(15(24)19-13(10)22)12-4-6-20(8-16(12,2)25)14(23)11-3-5-17-9-18-11/h3,5,7,9,12,25H,4,6,8H2,1-2H3,(H,19,22,24)/t12-,16-/m0/s1. The number of β-amino-alcohol motifs (C(OH)–C–C–N with tert-alkyl or cyclic N) is 1. The van der Waals surface area contributed by atoms with E-state index in [4.69, 9.17) is 0 Å². The van der Waals surface area contributed by atoms with Gasteiger partial charge < -0.3 is 10.0 Å². The number of H-pyrrole nitrogens is 1. The van der Waals surface area contributed by atoms with Gasteiger partial charge in [0.2, 0.25) is 0 Å². The summed E-state index contributed by atoms with van der Waals surface area (Å²) in [6.45, 7) is 3.57. The maximum Gasteiger partial charge on any atom is 0.328 e. The van der Waals surface area contributed by atoms with Crippen molar-refractivity contribution in [1.29, 1.82) is 0 Å². The van der Waals surface area contributed by atoms with Gasteiger partial charge in [0.15, 0.2) is 0 Å². The number of nitrogens with one attached hydrogen (secondary N) is 1. The Bertz CT molecular complexity index is 903. The molecule has 9 nitrogen and oxygen atoms in total. The number of hydrogen-bond acceptors (Lipinski definition) is 6. The lowest BCUT2D eigenvalue weighted by molar-refractivity contribution is -0.0505. The predicted octanol–water partition coefficient (Wildman–Crippen LogP) is -0.527. The molecule has 1 aliphatic heterocycles. The Morgan fingerprint density at radius 1 is 1.44 bits per heavy atom. The van der Waals surface area contributed by atoms with Crippen LogP contribution in [0, 0.1) is 6.92 Å². The summed E-state index contributed by atoms with van der Waals surface area (Å²) in [6, 6.07) is 0.962. The number of aromatic nitrogens is 4. The third kappa shape index (κ3) is 3.22. The van der Waals surface area contributed by atoms with Gasteiger partial charge in [-0.15, -0.1) is 0 Å². The Hall–Kier alpha value is -2.81. The topological polar surface area (TPSA) is 121 Å². The number of carbonyl (C=O) groups is 1. The Morgan fingerprint density at radius 3 is 2.84 bits per heavy atom. The van der Waals surface area contributed by atoms with Crippen LogP contribution in [0.2, 0.25) is 0 Å². The van der Waals surface area contributed by atoms with Gasteiger partial charge in [-0.2, -0.15) is 0 Å². The van der Waals surface area contributed by atoms with E-state index < -0.39 is 22.9 Å². The second-order valence-electron chi connectivity index (χ2n) is 6.46. The van der Waals surface area contributed by atoms with Crippen molar-refractivity contribution in [3.8, 4) is 0 Å². The van der Waals surface area contributed by atoms with Crippen molar-refractivity contribution < 1.29 is 9.90 Å². The lowest BCUT2D eigenvalue weighted by Gasteiger charge is -2.43. The monoisotopic (exact) mass is 345 g/mol. The normalized spacial score (nSPS) is 23.5. The molecule has 0 aromatic carbocycles. The zero-order valence-corrected chi connectivity index (χ0v) is 14.0. The highest BCUT2D eigenvalue weighted by molar-refractivity contribution is 5.92. The van der Waals surface area contributed by atoms with Gasteiger partial charge >= 0.3 is 5.69 Å². The molecule has 1 saturated heterocycles. The molecule has 2 aromatic heterocycles. The van der Waals surface area contributed by atoms with E-state index in [9.17, 15) is 19.5 Å². The number of rotatable bonds is 2. The highest BCUT2D eigenvalue weighted by Crippen LogP contribution is 2.31. The minimum atomic E-state index is -1.34. The molecule has 0 unspecified atom stereocenters. The summed E-state index contributed by atoms with van der Waals surface area (Å²) in [4.78, 5) is 47.6. The number of piperidine rings is 1. The van der Waals surface area contributed by atoms with Crippen LogP contribution in [-0.4, -0.2) is 54.1 Å². The average Bonchev–Trinajstić information content (AvgIpc) is 2.58. The number of likely N-dealkylation sites (tertiary alicyclic amines) is 1. The molecule has 0 spiro atoms. The molecule has 1 amide bonds. The second-order valence-corrected chi connectivity index (χ2v) is 6.46. The smallest absolute Gasteiger partial charge is 0.328 e. The van der Waals surface area contributed by atoms with Gasteiger partial charge in [0.25, 0.3) is 11.5 Å². The van der Waals surface area contributed by atoms with Crippen molar-refractivity contribution >= 4 is 5.91 Å². The zero-order valence-electron chi connectivity index (χ0n) is 14.0. The van der Waals surface area contributed by atoms with Crippen LogP contribution < -0.4 is 11.2 Å². The fraction of sp³-hybridized carbons (Fsp3) is 0.438. The van der Waals surface area contributed by atoms with Crippen molar-refractivity contribution in [3.63, 3.8) is 0 Å². The average molecular weight is 345 g/mol. The molecule has 2 atom stereocenters. The van der Waals surface area contributed by atoms with E-state index in [0.29, 0.717) is 18.5 Å². The van der Waals surface area contributed by atoms with E-state index >= 15 is 0 Å². The molecule has 1 aliphatic rings. The summed E-state index contributed by atoms with van der Waals surface area (Å²) in [7, 11) is 0. The molecule has 132 valence electrons. The van der Waals surface area contributed by atoms with Crippen LogP contribution in [0.15, 0.2) is 34.4 Å². The number of aliphatic hydroxyl groups is 1. The fourth-order valence-electron chi connectivity index (χ4n) is 3.17. The minimum absolute atomic E-state index is 0.0467. The molecule has 0 bridgehead atoms. The Morgan fingerprint density at radius 2 is 2.20 bits per heavy atom. The molecule has 9 heteroatoms. The fourth-order valence-corrected chi connectivity index (χ4v) is 3.17. The summed E-state index contributed by atoms with van der Waals surface area (Å²) in [5, 5.41) is 10.9. The highest BCUT2D eigenvalue weighted by Gasteiger charge is 2.41. The quantitative estimate of drug-likeness (QED) is 0.755. The van der Waals surface area contributed by atoms with Gasteiger partial charge in [0.1, 0.15) is 17.6 Å². The summed E-state index contributed by atoms with van der Waals surface area (Å²) >= 11 is 0. The molecule has 0 aliphatic carbocycles. The van der Waals surface area contributed by atoms with Crippen molar-refractivity contribution in [1.82, 2.24) is 24.4 Å². The third-order valence-corrected chi connectivity index (χ3v) is 4.47. The van der Waals surface area contributed by atoms with Crippen LogP contribution in [0.1, 0.15) is 35.4 Å². The van der Waals surface area contributed by atoms with Crippen LogP contribution in [0.5, 0.6) is 0 Å². The number of hydrogen-bond donors (Lipinski definition) is 2. The molecule has 3 heterocycles. The number of carbonyl (C=O) groups excluding carboxylic acids is 1. The van der Waals surface area contributed by atoms with E-state index in [0.717, 1.165) is 0 Å². The van der Waals surface area contributed by atoms with Gasteiger partial charge in [-0.05, 0) is 26.3 Å². The number of amides is 1. The van der Waals surface area contributed by atoms with E-state index in [-0.39, 0.29) is 18.1 Å². The molecule has 1 fully saturated rings. The SMILES string of the molecule is Cc1cn([C@H]2CCN(C(=O)c3ccncn3)C[C@]2(C)O)c(=O)[nH]c1=O. The first-order chi connectivity index (χ1) is 11.8. The summed E-state index contributed by atoms with van der Waals surface area (Å²) in [6.07, 6.45) is 4.59. The van der Waals surface area contributed by atoms with Crippen LogP contribution in [-0.2, 0) is 0 Å². The molecule has 3 rings (SSSR count). The number of aryl methyl sites for hydroxylation is 1. The first kappa shape index (κ1) is 17.0. The lowest BCUT2D eigenvalue weighted by Crippen LogP contribution is -2.56. The van der Waals surface area contributed by atoms with Crippen LogP contribution in [0.4, 0.5) is 0 Å². The van der Waals surface area contributed by atoms with Gasteiger partial charge in [-0.25, -0.2) is 14.8 Å². The molecular weight excluding hydrogens is 326 g/mol. The summed E-state index contributed by atoms with van der Waals surface area (Å²) in [5.74, 6) is -0.300. The second kappa shape index (κ2) is 6.25. The van der Waals surface area contributed by atoms with E-state index in [1.165, 1.54) is 34.3 Å². The number of nitrogens with zero attached hydrogens (tertiary/aromatic N) is 4. The van der Waals surface area contributed by atoms with Crippen LogP contribution in [0.25, 0.3) is 0 Å². The van der Waals surface area contributed by atoms with Crippen molar-refractivity contribution in [2.24, 2.45) is 0 Å². The van der Waals surface area contributed by atoms with Crippen LogP contribution in [0.3, 0.4) is 0 Å². The van der Waals surface area contributed by atoms with Gasteiger partial charge in [0.05, 0.1) is 12.6 Å². The zero-order chi connectivity index (χ0) is 18.2. The van der Waals surface area contributed by atoms with E-state index in [1.807, 2.05) is 0 Å². The van der Waals surface area contributed by atoms with Gasteiger partial charge in [-0.1, -0.05) is 0 Å². The highest BCUT2D eigenvalue weighted by atomic mass is 16.3. The molecule has 2 aromatic rings. The first-order valence-electron chi connectivity index (χ1n) is 7.89. The predicted molar refractivity (Wildman–Crippen MR) is 88.3 cm³/mol. The minimum Gasteiger partial charge on any atom is -0.386 e. The maximum absolute atomic E-state index is 12.5. The number of aromatic amines is 1. The third-order valence-electron chi connectivity index (χ3n) is 4.47. The van der Waals surface area contributed by atoms with Gasteiger partial charge in [-0.3, -0.25) is 19.1 Å². The Balaban J connectivity index is 1.86. The molecule has 2 N–H and O–H groups in total.